The molecule has 0 spiro atoms. The Morgan fingerprint density at radius 1 is 0.962 bits per heavy atom. The minimum Gasteiger partial charge on any atom is -0.338 e. The standard InChI is InChI=1S/C21H23N3O2/c1-2-23-18-9-5-6-10-19(18)24(21(23)26)14-12-20(25)22-13-11-16-7-3-4-8-17(16)15-22/h3-10H,2,11-15H2,1H3. The van der Waals surface area contributed by atoms with Crippen molar-refractivity contribution in [1.82, 2.24) is 14.0 Å². The molecule has 1 aliphatic heterocycles. The Labute approximate surface area is 152 Å². The molecular weight excluding hydrogens is 326 g/mol. The van der Waals surface area contributed by atoms with Crippen molar-refractivity contribution >= 4 is 16.9 Å². The lowest BCUT2D eigenvalue weighted by Gasteiger charge is -2.29. The third kappa shape index (κ3) is 2.83. The van der Waals surface area contributed by atoms with Gasteiger partial charge in [-0.25, -0.2) is 4.79 Å². The van der Waals surface area contributed by atoms with Crippen LogP contribution in [0.2, 0.25) is 0 Å². The van der Waals surface area contributed by atoms with Crippen LogP contribution in [-0.2, 0) is 30.8 Å². The van der Waals surface area contributed by atoms with Gasteiger partial charge in [0, 0.05) is 32.6 Å². The van der Waals surface area contributed by atoms with Gasteiger partial charge < -0.3 is 4.90 Å². The second-order valence-electron chi connectivity index (χ2n) is 6.75. The summed E-state index contributed by atoms with van der Waals surface area (Å²) in [6, 6.07) is 16.1. The topological polar surface area (TPSA) is 47.2 Å². The van der Waals surface area contributed by atoms with Crippen LogP contribution in [0, 0.1) is 0 Å². The number of fused-ring (bicyclic) bond motifs is 2. The molecule has 0 unspecified atom stereocenters. The molecule has 2 aromatic carbocycles. The summed E-state index contributed by atoms with van der Waals surface area (Å²) in [4.78, 5) is 27.3. The van der Waals surface area contributed by atoms with Gasteiger partial charge >= 0.3 is 5.69 Å². The summed E-state index contributed by atoms with van der Waals surface area (Å²) in [5.74, 6) is 0.111. The minimum absolute atomic E-state index is 0.0366. The number of aromatic nitrogens is 2. The molecule has 5 heteroatoms. The SMILES string of the molecule is CCn1c(=O)n(CCC(=O)N2CCc3ccccc3C2)c2ccccc21. The smallest absolute Gasteiger partial charge is 0.329 e. The molecule has 0 saturated heterocycles. The zero-order valence-corrected chi connectivity index (χ0v) is 15.0. The van der Waals surface area contributed by atoms with Crippen LogP contribution in [0.1, 0.15) is 24.5 Å². The van der Waals surface area contributed by atoms with Crippen molar-refractivity contribution in [3.63, 3.8) is 0 Å². The Bertz CT molecular complexity index is 1020. The molecule has 1 amide bonds. The summed E-state index contributed by atoms with van der Waals surface area (Å²) in [6.45, 7) is 4.43. The number of hydrogen-bond acceptors (Lipinski definition) is 2. The van der Waals surface area contributed by atoms with Crippen molar-refractivity contribution in [1.29, 1.82) is 0 Å². The van der Waals surface area contributed by atoms with E-state index in [0.29, 0.717) is 26.1 Å². The molecule has 134 valence electrons. The summed E-state index contributed by atoms with van der Waals surface area (Å²) in [5.41, 5.74) is 4.35. The fourth-order valence-electron chi connectivity index (χ4n) is 3.87. The van der Waals surface area contributed by atoms with E-state index < -0.39 is 0 Å². The number of amides is 1. The number of hydrogen-bond donors (Lipinski definition) is 0. The molecule has 4 rings (SSSR count). The number of imidazole rings is 1. The van der Waals surface area contributed by atoms with E-state index in [2.05, 4.69) is 12.1 Å². The molecule has 0 radical (unpaired) electrons. The van der Waals surface area contributed by atoms with Crippen molar-refractivity contribution in [2.24, 2.45) is 0 Å². The lowest BCUT2D eigenvalue weighted by Crippen LogP contribution is -2.37. The zero-order valence-electron chi connectivity index (χ0n) is 15.0. The fourth-order valence-corrected chi connectivity index (χ4v) is 3.87. The number of benzene rings is 2. The molecule has 0 atom stereocenters. The van der Waals surface area contributed by atoms with Crippen LogP contribution >= 0.6 is 0 Å². The number of carbonyl (C=O) groups excluding carboxylic acids is 1. The first-order chi connectivity index (χ1) is 12.7. The molecule has 26 heavy (non-hydrogen) atoms. The molecule has 0 fully saturated rings. The van der Waals surface area contributed by atoms with E-state index in [1.54, 1.807) is 9.13 Å². The summed E-state index contributed by atoms with van der Waals surface area (Å²) in [6.07, 6.45) is 1.25. The first kappa shape index (κ1) is 16.6. The Hall–Kier alpha value is -2.82. The van der Waals surface area contributed by atoms with Gasteiger partial charge in [-0.15, -0.1) is 0 Å². The van der Waals surface area contributed by atoms with Crippen LogP contribution in [0.15, 0.2) is 53.3 Å². The second kappa shape index (κ2) is 6.83. The quantitative estimate of drug-likeness (QED) is 0.727. The highest BCUT2D eigenvalue weighted by atomic mass is 16.2. The van der Waals surface area contributed by atoms with Crippen molar-refractivity contribution in [2.45, 2.75) is 39.4 Å². The number of nitrogens with zero attached hydrogens (tertiary/aromatic N) is 3. The summed E-state index contributed by atoms with van der Waals surface area (Å²) >= 11 is 0. The zero-order chi connectivity index (χ0) is 18.1. The van der Waals surface area contributed by atoms with E-state index in [1.165, 1.54) is 11.1 Å². The van der Waals surface area contributed by atoms with Gasteiger partial charge in [0.2, 0.25) is 5.91 Å². The summed E-state index contributed by atoms with van der Waals surface area (Å²) in [7, 11) is 0. The largest absolute Gasteiger partial charge is 0.338 e. The number of aryl methyl sites for hydroxylation is 2. The average Bonchev–Trinajstić information content (AvgIpc) is 2.96. The van der Waals surface area contributed by atoms with Crippen molar-refractivity contribution in [3.05, 3.63) is 70.1 Å². The maximum absolute atomic E-state index is 12.7. The summed E-state index contributed by atoms with van der Waals surface area (Å²) < 4.78 is 3.49. The summed E-state index contributed by atoms with van der Waals surface area (Å²) in [5, 5.41) is 0. The Morgan fingerprint density at radius 2 is 1.62 bits per heavy atom. The van der Waals surface area contributed by atoms with E-state index in [1.807, 2.05) is 48.2 Å². The van der Waals surface area contributed by atoms with Gasteiger partial charge in [-0.1, -0.05) is 36.4 Å². The van der Waals surface area contributed by atoms with Gasteiger partial charge in [-0.3, -0.25) is 13.9 Å². The molecule has 1 aliphatic rings. The predicted octanol–water partition coefficient (Wildman–Crippen LogP) is 2.80. The van der Waals surface area contributed by atoms with Gasteiger partial charge in [-0.05, 0) is 36.6 Å². The van der Waals surface area contributed by atoms with Crippen molar-refractivity contribution in [3.8, 4) is 0 Å². The van der Waals surface area contributed by atoms with Gasteiger partial charge in [0.15, 0.2) is 0 Å². The van der Waals surface area contributed by atoms with E-state index in [9.17, 15) is 9.59 Å². The first-order valence-corrected chi connectivity index (χ1v) is 9.21. The number of carbonyl (C=O) groups is 1. The van der Waals surface area contributed by atoms with E-state index in [0.717, 1.165) is 24.0 Å². The molecule has 1 aromatic heterocycles. The van der Waals surface area contributed by atoms with Crippen LogP contribution in [-0.4, -0.2) is 26.5 Å². The van der Waals surface area contributed by atoms with Crippen LogP contribution in [0.25, 0.3) is 11.0 Å². The maximum Gasteiger partial charge on any atom is 0.329 e. The second-order valence-corrected chi connectivity index (χ2v) is 6.75. The van der Waals surface area contributed by atoms with E-state index >= 15 is 0 Å². The average molecular weight is 349 g/mol. The normalized spacial score (nSPS) is 13.8. The van der Waals surface area contributed by atoms with Crippen molar-refractivity contribution in [2.75, 3.05) is 6.54 Å². The molecule has 0 saturated carbocycles. The van der Waals surface area contributed by atoms with Gasteiger partial charge in [0.05, 0.1) is 11.0 Å². The van der Waals surface area contributed by atoms with Gasteiger partial charge in [-0.2, -0.15) is 0 Å². The highest BCUT2D eigenvalue weighted by Crippen LogP contribution is 2.19. The van der Waals surface area contributed by atoms with Gasteiger partial charge in [0.25, 0.3) is 0 Å². The minimum atomic E-state index is -0.0366. The van der Waals surface area contributed by atoms with E-state index in [4.69, 9.17) is 0 Å². The van der Waals surface area contributed by atoms with Crippen LogP contribution < -0.4 is 5.69 Å². The molecule has 0 bridgehead atoms. The van der Waals surface area contributed by atoms with Gasteiger partial charge in [0.1, 0.15) is 0 Å². The lowest BCUT2D eigenvalue weighted by molar-refractivity contribution is -0.132. The van der Waals surface area contributed by atoms with Crippen LogP contribution in [0.5, 0.6) is 0 Å². The predicted molar refractivity (Wildman–Crippen MR) is 102 cm³/mol. The molecule has 0 N–H and O–H groups in total. The molecule has 3 aromatic rings. The number of para-hydroxylation sites is 2. The van der Waals surface area contributed by atoms with Crippen LogP contribution in [0.3, 0.4) is 0 Å². The Morgan fingerprint density at radius 3 is 2.35 bits per heavy atom. The highest BCUT2D eigenvalue weighted by molar-refractivity contribution is 5.78. The monoisotopic (exact) mass is 349 g/mol. The molecule has 5 nitrogen and oxygen atoms in total. The first-order valence-electron chi connectivity index (χ1n) is 9.21. The molecule has 2 heterocycles. The Kier molecular flexibility index (Phi) is 4.37. The maximum atomic E-state index is 12.7. The molecule has 0 aliphatic carbocycles. The lowest BCUT2D eigenvalue weighted by atomic mass is 10.00. The number of rotatable bonds is 4. The van der Waals surface area contributed by atoms with Crippen molar-refractivity contribution < 1.29 is 4.79 Å². The Balaban J connectivity index is 1.52. The third-order valence-corrected chi connectivity index (χ3v) is 5.27. The third-order valence-electron chi connectivity index (χ3n) is 5.27. The van der Waals surface area contributed by atoms with E-state index in [-0.39, 0.29) is 11.6 Å². The van der Waals surface area contributed by atoms with Crippen LogP contribution in [0.4, 0.5) is 0 Å². The molecular formula is C21H23N3O2. The highest BCUT2D eigenvalue weighted by Gasteiger charge is 2.21. The fraction of sp³-hybridized carbons (Fsp3) is 0.333.